The number of hydrogen-bond donors (Lipinski definition) is 2. The molecule has 3 saturated heterocycles. The number of carbonyl (C=O) groups is 4. The topological polar surface area (TPSA) is 164 Å². The van der Waals surface area contributed by atoms with E-state index in [1.54, 1.807) is 0 Å². The van der Waals surface area contributed by atoms with Gasteiger partial charge in [0.2, 0.25) is 0 Å². The molecule has 4 atom stereocenters. The Bertz CT molecular complexity index is 501. The van der Waals surface area contributed by atoms with Gasteiger partial charge >= 0.3 is 139 Å². The Labute approximate surface area is 138 Å². The third-order valence-corrected chi connectivity index (χ3v) is 9.07. The zero-order valence-electron chi connectivity index (χ0n) is 10.2. The van der Waals surface area contributed by atoms with Gasteiger partial charge < -0.3 is 0 Å². The van der Waals surface area contributed by atoms with Crippen molar-refractivity contribution in [2.45, 2.75) is 24.4 Å². The van der Waals surface area contributed by atoms with Crippen molar-refractivity contribution >= 4 is 66.8 Å². The molecule has 120 valence electrons. The number of fused-ring (bicyclic) bond motifs is 4. The summed E-state index contributed by atoms with van der Waals surface area (Å²) in [6, 6.07) is 0. The molecular weight excluding hydrogens is 532 g/mol. The van der Waals surface area contributed by atoms with E-state index in [-0.39, 0.29) is 0 Å². The molecule has 4 unspecified atom stereocenters. The van der Waals surface area contributed by atoms with Crippen LogP contribution in [0.15, 0.2) is 0 Å². The number of carboxylic acids is 2. The molecule has 14 heteroatoms. The number of hydrogen-bond acceptors (Lipinski definition) is 10. The van der Waals surface area contributed by atoms with E-state index in [2.05, 4.69) is 0 Å². The fourth-order valence-corrected chi connectivity index (χ4v) is 8.25. The standard InChI is InChI=1S/2C4H4O6.2Sb/c2*5-1(3(7)8)2(6)4(9)10;;/h2*1-2H,(H,7,8)(H,9,10);;/q2*-2;2*+3/p-2. The molecule has 3 fully saturated rings. The SMILES string of the molecule is O=C(O)C1[O][Sb]2[O]C(=O)C([O]2)C(C(=O)O)[O][Sb]2[O]C(=O)C1[O]2. The predicted octanol–water partition coefficient (Wildman–Crippen LogP) is -3.21. The predicted molar refractivity (Wildman–Crippen MR) is 58.5 cm³/mol. The summed E-state index contributed by atoms with van der Waals surface area (Å²) in [5.41, 5.74) is 0. The van der Waals surface area contributed by atoms with Crippen molar-refractivity contribution in [3.05, 3.63) is 0 Å². The average Bonchev–Trinajstić information content (AvgIpc) is 2.95. The van der Waals surface area contributed by atoms with Crippen molar-refractivity contribution in [1.82, 2.24) is 0 Å². The van der Waals surface area contributed by atoms with Crippen LogP contribution in [0.1, 0.15) is 0 Å². The summed E-state index contributed by atoms with van der Waals surface area (Å²) < 4.78 is 29.8. The molecule has 0 aromatic heterocycles. The first kappa shape index (κ1) is 16.2. The van der Waals surface area contributed by atoms with E-state index in [4.69, 9.17) is 28.3 Å². The molecule has 0 saturated carbocycles. The van der Waals surface area contributed by atoms with Gasteiger partial charge in [-0.2, -0.15) is 0 Å². The van der Waals surface area contributed by atoms with Crippen molar-refractivity contribution < 1.29 is 47.5 Å². The Morgan fingerprint density at radius 3 is 1.45 bits per heavy atom. The monoisotopic (exact) mass is 536 g/mol. The van der Waals surface area contributed by atoms with Crippen molar-refractivity contribution in [3.63, 3.8) is 0 Å². The van der Waals surface area contributed by atoms with Gasteiger partial charge in [-0.25, -0.2) is 0 Å². The number of aliphatic carboxylic acids is 2. The van der Waals surface area contributed by atoms with Gasteiger partial charge in [0.05, 0.1) is 0 Å². The molecule has 0 radical (unpaired) electrons. The Morgan fingerprint density at radius 1 is 0.773 bits per heavy atom. The first-order valence-electron chi connectivity index (χ1n) is 5.53. The van der Waals surface area contributed by atoms with Gasteiger partial charge in [-0.1, -0.05) is 0 Å². The zero-order valence-corrected chi connectivity index (χ0v) is 15.3. The summed E-state index contributed by atoms with van der Waals surface area (Å²) in [6.07, 6.45) is -6.78. The molecule has 22 heavy (non-hydrogen) atoms. The Hall–Kier alpha value is -0.644. The molecule has 3 aliphatic rings. The van der Waals surface area contributed by atoms with Crippen LogP contribution in [0.25, 0.3) is 0 Å². The van der Waals surface area contributed by atoms with Crippen LogP contribution in [0.3, 0.4) is 0 Å². The van der Waals surface area contributed by atoms with E-state index < -0.39 is 91.2 Å². The van der Waals surface area contributed by atoms with E-state index in [1.807, 2.05) is 0 Å². The summed E-state index contributed by atoms with van der Waals surface area (Å²) in [7, 11) is 0. The van der Waals surface area contributed by atoms with Crippen LogP contribution >= 0.6 is 0 Å². The van der Waals surface area contributed by atoms with Gasteiger partial charge in [-0.3, -0.25) is 0 Å². The number of carboxylic acid groups (broad SMARTS) is 2. The van der Waals surface area contributed by atoms with Crippen LogP contribution in [0.2, 0.25) is 0 Å². The molecule has 0 aromatic rings. The fourth-order valence-electron chi connectivity index (χ4n) is 1.66. The van der Waals surface area contributed by atoms with E-state index in [9.17, 15) is 19.2 Å². The van der Waals surface area contributed by atoms with E-state index >= 15 is 0 Å². The van der Waals surface area contributed by atoms with Crippen LogP contribution in [-0.2, 0) is 37.3 Å². The average molecular weight is 538 g/mol. The molecule has 0 spiro atoms. The van der Waals surface area contributed by atoms with E-state index in [0.717, 1.165) is 0 Å². The van der Waals surface area contributed by atoms with Crippen molar-refractivity contribution in [3.8, 4) is 0 Å². The van der Waals surface area contributed by atoms with Crippen molar-refractivity contribution in [2.24, 2.45) is 0 Å². The molecule has 3 aliphatic heterocycles. The van der Waals surface area contributed by atoms with E-state index in [1.165, 1.54) is 0 Å². The van der Waals surface area contributed by atoms with Crippen LogP contribution in [0.5, 0.6) is 0 Å². The Kier molecular flexibility index (Phi) is 4.50. The molecular formula is C8H6O12Sb2. The maximum absolute atomic E-state index is 11.6. The molecule has 12 nitrogen and oxygen atoms in total. The second-order valence-corrected chi connectivity index (χ2v) is 10.1. The molecule has 0 aliphatic carbocycles. The summed E-state index contributed by atoms with van der Waals surface area (Å²) in [6.45, 7) is 0. The van der Waals surface area contributed by atoms with Crippen LogP contribution in [0, 0.1) is 0 Å². The van der Waals surface area contributed by atoms with Gasteiger partial charge in [-0.15, -0.1) is 0 Å². The summed E-state index contributed by atoms with van der Waals surface area (Å²) in [5, 5.41) is 18.2. The Morgan fingerprint density at radius 2 is 1.14 bits per heavy atom. The van der Waals surface area contributed by atoms with Crippen LogP contribution in [0.4, 0.5) is 0 Å². The van der Waals surface area contributed by atoms with Crippen molar-refractivity contribution in [1.29, 1.82) is 0 Å². The summed E-state index contributed by atoms with van der Waals surface area (Å²) in [5.74, 6) is -5.12. The third-order valence-electron chi connectivity index (χ3n) is 2.63. The van der Waals surface area contributed by atoms with Gasteiger partial charge in [0.1, 0.15) is 0 Å². The normalized spacial score (nSPS) is 35.8. The Balaban J connectivity index is 1.93. The minimum absolute atomic E-state index is 1.02. The fraction of sp³-hybridized carbons (Fsp3) is 0.500. The van der Waals surface area contributed by atoms with E-state index in [0.29, 0.717) is 0 Å². The first-order valence-corrected chi connectivity index (χ1v) is 11.8. The molecule has 3 rings (SSSR count). The zero-order chi connectivity index (χ0) is 16.0. The first-order chi connectivity index (χ1) is 10.4. The minimum atomic E-state index is -3.79. The molecule has 0 aromatic carbocycles. The molecule has 0 amide bonds. The number of rotatable bonds is 2. The third kappa shape index (κ3) is 2.91. The summed E-state index contributed by atoms with van der Waals surface area (Å²) in [4.78, 5) is 45.7. The van der Waals surface area contributed by atoms with Gasteiger partial charge in [0.25, 0.3) is 0 Å². The van der Waals surface area contributed by atoms with Crippen molar-refractivity contribution in [2.75, 3.05) is 0 Å². The van der Waals surface area contributed by atoms with Gasteiger partial charge in [0, 0.05) is 0 Å². The second kappa shape index (κ2) is 6.10. The maximum atomic E-state index is 11.6. The second-order valence-electron chi connectivity index (χ2n) is 4.05. The molecule has 4 bridgehead atoms. The van der Waals surface area contributed by atoms with Gasteiger partial charge in [0.15, 0.2) is 0 Å². The van der Waals surface area contributed by atoms with Crippen LogP contribution in [-0.4, -0.2) is 101 Å². The summed E-state index contributed by atoms with van der Waals surface area (Å²) >= 11 is -7.58. The molecule has 3 heterocycles. The quantitative estimate of drug-likeness (QED) is 0.339. The van der Waals surface area contributed by atoms with Gasteiger partial charge in [-0.05, 0) is 0 Å². The molecule has 2 N–H and O–H groups in total. The van der Waals surface area contributed by atoms with Crippen LogP contribution < -0.4 is 0 Å². The number of carbonyl (C=O) groups excluding carboxylic acids is 2.